The summed E-state index contributed by atoms with van der Waals surface area (Å²) in [6.07, 6.45) is 1.48. The minimum absolute atomic E-state index is 0.101. The van der Waals surface area contributed by atoms with E-state index in [9.17, 15) is 8.42 Å². The summed E-state index contributed by atoms with van der Waals surface area (Å²) in [5.41, 5.74) is 0.395. The Hall–Kier alpha value is -0.890. The van der Waals surface area contributed by atoms with Crippen molar-refractivity contribution in [3.05, 3.63) is 34.3 Å². The van der Waals surface area contributed by atoms with Crippen LogP contribution in [0.15, 0.2) is 27.0 Å². The number of sulfonamides is 1. The van der Waals surface area contributed by atoms with Crippen LogP contribution in [0.25, 0.3) is 0 Å². The van der Waals surface area contributed by atoms with Crippen LogP contribution in [-0.4, -0.2) is 13.4 Å². The average Bonchev–Trinajstić information content (AvgIpc) is 2.85. The predicted molar refractivity (Wildman–Crippen MR) is 64.6 cm³/mol. The zero-order valence-corrected chi connectivity index (χ0v) is 11.2. The molecule has 0 aromatic carbocycles. The molecule has 2 aromatic heterocycles. The summed E-state index contributed by atoms with van der Waals surface area (Å²) >= 11 is 6.60. The second kappa shape index (κ2) is 4.77. The molecular weight excluding hydrogens is 284 g/mol. The average molecular weight is 293 g/mol. The van der Waals surface area contributed by atoms with Crippen molar-refractivity contribution >= 4 is 33.0 Å². The molecule has 0 atom stereocenters. The van der Waals surface area contributed by atoms with Gasteiger partial charge in [-0.05, 0) is 19.1 Å². The van der Waals surface area contributed by atoms with E-state index in [4.69, 9.17) is 16.0 Å². The van der Waals surface area contributed by atoms with Gasteiger partial charge in [0.05, 0.1) is 18.5 Å². The van der Waals surface area contributed by atoms with Gasteiger partial charge >= 0.3 is 0 Å². The van der Waals surface area contributed by atoms with Crippen LogP contribution < -0.4 is 4.72 Å². The number of hydrogen-bond acceptors (Lipinski definition) is 5. The Morgan fingerprint density at radius 1 is 1.59 bits per heavy atom. The van der Waals surface area contributed by atoms with Crippen LogP contribution in [0.1, 0.15) is 11.5 Å². The lowest BCUT2D eigenvalue weighted by Gasteiger charge is -2.02. The SMILES string of the molecule is Cc1nc(Cl)sc1S(=O)(=O)NCc1ccco1. The number of aromatic nitrogens is 1. The molecule has 0 aliphatic rings. The molecule has 5 nitrogen and oxygen atoms in total. The number of furan rings is 1. The summed E-state index contributed by atoms with van der Waals surface area (Å²) in [5, 5.41) is 0. The molecule has 1 N–H and O–H groups in total. The molecule has 17 heavy (non-hydrogen) atoms. The van der Waals surface area contributed by atoms with Crippen molar-refractivity contribution < 1.29 is 12.8 Å². The van der Waals surface area contributed by atoms with Crippen molar-refractivity contribution in [3.8, 4) is 0 Å². The highest BCUT2D eigenvalue weighted by Gasteiger charge is 2.21. The Morgan fingerprint density at radius 3 is 2.88 bits per heavy atom. The monoisotopic (exact) mass is 292 g/mol. The maximum absolute atomic E-state index is 11.9. The third kappa shape index (κ3) is 2.86. The van der Waals surface area contributed by atoms with Gasteiger partial charge in [0, 0.05) is 0 Å². The lowest BCUT2D eigenvalue weighted by Crippen LogP contribution is -2.22. The van der Waals surface area contributed by atoms with Gasteiger partial charge in [-0.25, -0.2) is 18.1 Å². The van der Waals surface area contributed by atoms with Crippen molar-refractivity contribution in [1.29, 1.82) is 0 Å². The summed E-state index contributed by atoms with van der Waals surface area (Å²) in [6, 6.07) is 3.38. The van der Waals surface area contributed by atoms with Gasteiger partial charge in [0.25, 0.3) is 10.0 Å². The van der Waals surface area contributed by atoms with Crippen LogP contribution in [0.3, 0.4) is 0 Å². The molecule has 2 aromatic rings. The first-order chi connectivity index (χ1) is 7.99. The van der Waals surface area contributed by atoms with Crippen LogP contribution >= 0.6 is 22.9 Å². The smallest absolute Gasteiger partial charge is 0.252 e. The maximum Gasteiger partial charge on any atom is 0.252 e. The first-order valence-electron chi connectivity index (χ1n) is 4.64. The Kier molecular flexibility index (Phi) is 3.53. The minimum atomic E-state index is -3.58. The second-order valence-corrected chi connectivity index (χ2v) is 6.79. The van der Waals surface area contributed by atoms with Gasteiger partial charge < -0.3 is 4.42 Å². The first-order valence-corrected chi connectivity index (χ1v) is 7.32. The fraction of sp³-hybridized carbons (Fsp3) is 0.222. The van der Waals surface area contributed by atoms with E-state index in [0.29, 0.717) is 11.5 Å². The highest BCUT2D eigenvalue weighted by molar-refractivity contribution is 7.91. The standard InChI is InChI=1S/C9H9ClN2O3S2/c1-6-8(16-9(10)12-6)17(13,14)11-5-7-3-2-4-15-7/h2-4,11H,5H2,1H3. The number of nitrogens with zero attached hydrogens (tertiary/aromatic N) is 1. The Bertz CT molecular complexity index is 604. The summed E-state index contributed by atoms with van der Waals surface area (Å²) in [6.45, 7) is 1.70. The number of rotatable bonds is 4. The van der Waals surface area contributed by atoms with E-state index in [1.54, 1.807) is 19.1 Å². The molecule has 0 fully saturated rings. The van der Waals surface area contributed by atoms with E-state index in [1.807, 2.05) is 0 Å². The van der Waals surface area contributed by atoms with Crippen molar-refractivity contribution in [2.45, 2.75) is 17.7 Å². The maximum atomic E-state index is 11.9. The summed E-state index contributed by atoms with van der Waals surface area (Å²) in [4.78, 5) is 3.86. The molecule has 0 amide bonds. The quantitative estimate of drug-likeness (QED) is 0.937. The molecule has 0 bridgehead atoms. The van der Waals surface area contributed by atoms with Crippen LogP contribution in [-0.2, 0) is 16.6 Å². The minimum Gasteiger partial charge on any atom is -0.468 e. The second-order valence-electron chi connectivity index (χ2n) is 3.24. The molecule has 0 saturated heterocycles. The van der Waals surface area contributed by atoms with E-state index in [0.717, 1.165) is 11.3 Å². The van der Waals surface area contributed by atoms with Gasteiger partial charge in [0.15, 0.2) is 8.68 Å². The number of thiazole rings is 1. The lowest BCUT2D eigenvalue weighted by atomic mass is 10.5. The van der Waals surface area contributed by atoms with Gasteiger partial charge in [-0.15, -0.1) is 0 Å². The molecule has 2 heterocycles. The fourth-order valence-electron chi connectivity index (χ4n) is 1.24. The van der Waals surface area contributed by atoms with Crippen molar-refractivity contribution in [2.24, 2.45) is 0 Å². The Balaban J connectivity index is 2.17. The number of halogens is 1. The van der Waals surface area contributed by atoms with E-state index < -0.39 is 10.0 Å². The molecule has 8 heteroatoms. The van der Waals surface area contributed by atoms with Gasteiger partial charge in [-0.1, -0.05) is 22.9 Å². The third-order valence-electron chi connectivity index (χ3n) is 1.99. The highest BCUT2D eigenvalue weighted by Crippen LogP contribution is 2.26. The molecule has 0 aliphatic carbocycles. The zero-order chi connectivity index (χ0) is 12.5. The van der Waals surface area contributed by atoms with Crippen LogP contribution in [0.2, 0.25) is 4.47 Å². The van der Waals surface area contributed by atoms with Crippen LogP contribution in [0.4, 0.5) is 0 Å². The summed E-state index contributed by atoms with van der Waals surface area (Å²) in [7, 11) is -3.58. The van der Waals surface area contributed by atoms with Gasteiger partial charge in [-0.3, -0.25) is 0 Å². The van der Waals surface area contributed by atoms with E-state index >= 15 is 0 Å². The first kappa shape index (κ1) is 12.6. The Labute approximate surface area is 107 Å². The van der Waals surface area contributed by atoms with Gasteiger partial charge in [0.2, 0.25) is 0 Å². The normalized spacial score (nSPS) is 11.9. The molecule has 92 valence electrons. The molecular formula is C9H9ClN2O3S2. The number of hydrogen-bond donors (Lipinski definition) is 1. The predicted octanol–water partition coefficient (Wildman–Crippen LogP) is 2.18. The molecule has 0 spiro atoms. The van der Waals surface area contributed by atoms with E-state index in [1.165, 1.54) is 6.26 Å². The van der Waals surface area contributed by atoms with Crippen LogP contribution in [0, 0.1) is 6.92 Å². The number of nitrogens with one attached hydrogen (secondary N) is 1. The molecule has 0 saturated carbocycles. The summed E-state index contributed by atoms with van der Waals surface area (Å²) in [5.74, 6) is 0.543. The van der Waals surface area contributed by atoms with Crippen molar-refractivity contribution in [3.63, 3.8) is 0 Å². The van der Waals surface area contributed by atoms with Crippen molar-refractivity contribution in [1.82, 2.24) is 9.71 Å². The summed E-state index contributed by atoms with van der Waals surface area (Å²) < 4.78 is 31.6. The number of aryl methyl sites for hydroxylation is 1. The third-order valence-corrected chi connectivity index (χ3v) is 5.26. The fourth-order valence-corrected chi connectivity index (χ4v) is 4.02. The van der Waals surface area contributed by atoms with E-state index in [2.05, 4.69) is 9.71 Å². The molecule has 2 rings (SSSR count). The highest BCUT2D eigenvalue weighted by atomic mass is 35.5. The van der Waals surface area contributed by atoms with Crippen molar-refractivity contribution in [2.75, 3.05) is 0 Å². The van der Waals surface area contributed by atoms with Gasteiger partial charge in [0.1, 0.15) is 5.76 Å². The van der Waals surface area contributed by atoms with E-state index in [-0.39, 0.29) is 15.2 Å². The topological polar surface area (TPSA) is 72.2 Å². The van der Waals surface area contributed by atoms with Crippen LogP contribution in [0.5, 0.6) is 0 Å². The largest absolute Gasteiger partial charge is 0.468 e. The molecule has 0 aliphatic heterocycles. The zero-order valence-electron chi connectivity index (χ0n) is 8.81. The van der Waals surface area contributed by atoms with Gasteiger partial charge in [-0.2, -0.15) is 0 Å². The molecule has 0 unspecified atom stereocenters. The molecule has 0 radical (unpaired) electrons. The lowest BCUT2D eigenvalue weighted by molar-refractivity contribution is 0.499. The Morgan fingerprint density at radius 2 is 2.35 bits per heavy atom.